The highest BCUT2D eigenvalue weighted by molar-refractivity contribution is 5.90. The first-order valence-electron chi connectivity index (χ1n) is 22.2. The third-order valence-electron chi connectivity index (χ3n) is 11.2. The monoisotopic (exact) mass is 813 g/mol. The molecular weight excluding hydrogens is 745 g/mol. The average molecular weight is 813 g/mol. The smallest absolute Gasteiger partial charge is 0.337 e. The number of hydrogen-bond acceptors (Lipinski definition) is 6. The summed E-state index contributed by atoms with van der Waals surface area (Å²) in [6, 6.07) is 38.4. The Labute approximate surface area is 360 Å². The van der Waals surface area contributed by atoms with Crippen molar-refractivity contribution in [2.75, 3.05) is 20.3 Å². The summed E-state index contributed by atoms with van der Waals surface area (Å²) in [5, 5.41) is 0. The lowest BCUT2D eigenvalue weighted by molar-refractivity contribution is 0.0600. The van der Waals surface area contributed by atoms with Crippen LogP contribution in [0.25, 0.3) is 22.3 Å². The molecule has 0 amide bonds. The van der Waals surface area contributed by atoms with Crippen molar-refractivity contribution in [3.8, 4) is 45.3 Å². The molecule has 0 aliphatic rings. The maximum Gasteiger partial charge on any atom is 0.337 e. The van der Waals surface area contributed by atoms with Gasteiger partial charge in [0.25, 0.3) is 0 Å². The van der Waals surface area contributed by atoms with Crippen LogP contribution in [0.2, 0.25) is 0 Å². The van der Waals surface area contributed by atoms with Crippen LogP contribution in [0.1, 0.15) is 114 Å². The highest BCUT2D eigenvalue weighted by Gasteiger charge is 2.14. The van der Waals surface area contributed by atoms with Gasteiger partial charge in [0.1, 0.15) is 24.7 Å². The Hall–Kier alpha value is -5.23. The van der Waals surface area contributed by atoms with Gasteiger partial charge < -0.3 is 23.7 Å². The lowest BCUT2D eigenvalue weighted by Crippen LogP contribution is -2.05. The molecule has 60 heavy (non-hydrogen) atoms. The predicted octanol–water partition coefficient (Wildman–Crippen LogP) is 14.4. The summed E-state index contributed by atoms with van der Waals surface area (Å²) in [6.07, 6.45) is 9.85. The zero-order valence-electron chi connectivity index (χ0n) is 37.2. The number of esters is 1. The van der Waals surface area contributed by atoms with E-state index in [1.54, 1.807) is 18.2 Å². The first-order chi connectivity index (χ1) is 29.1. The van der Waals surface area contributed by atoms with E-state index in [4.69, 9.17) is 23.7 Å². The number of benzene rings is 5. The summed E-state index contributed by atoms with van der Waals surface area (Å²) in [4.78, 5) is 12.4. The zero-order chi connectivity index (χ0) is 42.7. The van der Waals surface area contributed by atoms with Crippen molar-refractivity contribution in [3.05, 3.63) is 132 Å². The molecule has 5 aromatic carbocycles. The van der Waals surface area contributed by atoms with Crippen LogP contribution in [0.4, 0.5) is 0 Å². The molecule has 0 aliphatic heterocycles. The third-order valence-corrected chi connectivity index (χ3v) is 11.2. The van der Waals surface area contributed by atoms with Crippen LogP contribution in [0.15, 0.2) is 115 Å². The highest BCUT2D eigenvalue weighted by atomic mass is 16.5. The standard InChI is InChI=1S/C54H68O6/c1-39(2)10-8-12-41(5)32-34-57-50-27-22-47(23-28-50)45-18-14-43(15-19-45)37-59-52-31-26-49(54(55)56-7)36-53(52)60-38-44-16-20-46(21-17-44)48-24-29-51(30-25-48)58-35-33-42(6)13-9-11-40(3)4/h14-31,36,39-42H,8-13,32-35,37-38H2,1-7H3/t41-,42-/m0/s1. The van der Waals surface area contributed by atoms with Gasteiger partial charge in [0.15, 0.2) is 11.5 Å². The van der Waals surface area contributed by atoms with Crippen molar-refractivity contribution < 1.29 is 28.5 Å². The third kappa shape index (κ3) is 15.4. The lowest BCUT2D eigenvalue weighted by Gasteiger charge is -2.15. The van der Waals surface area contributed by atoms with Crippen LogP contribution >= 0.6 is 0 Å². The molecule has 0 radical (unpaired) electrons. The minimum absolute atomic E-state index is 0.306. The van der Waals surface area contributed by atoms with Gasteiger partial charge in [0.2, 0.25) is 0 Å². The summed E-state index contributed by atoms with van der Waals surface area (Å²) in [7, 11) is 1.37. The van der Waals surface area contributed by atoms with Crippen molar-refractivity contribution in [3.63, 3.8) is 0 Å². The van der Waals surface area contributed by atoms with Crippen molar-refractivity contribution in [1.29, 1.82) is 0 Å². The molecule has 0 aliphatic carbocycles. The largest absolute Gasteiger partial charge is 0.494 e. The predicted molar refractivity (Wildman–Crippen MR) is 246 cm³/mol. The number of carbonyl (C=O) groups is 1. The molecule has 0 spiro atoms. The Morgan fingerprint density at radius 3 is 1.25 bits per heavy atom. The van der Waals surface area contributed by atoms with Gasteiger partial charge in [-0.05, 0) is 112 Å². The second kappa shape index (κ2) is 24.1. The van der Waals surface area contributed by atoms with Gasteiger partial charge in [0.05, 0.1) is 25.9 Å². The Kier molecular flexibility index (Phi) is 18.4. The van der Waals surface area contributed by atoms with E-state index in [9.17, 15) is 4.79 Å². The molecule has 5 rings (SSSR count). The van der Waals surface area contributed by atoms with Crippen molar-refractivity contribution >= 4 is 5.97 Å². The van der Waals surface area contributed by atoms with Gasteiger partial charge in [-0.1, -0.05) is 153 Å². The Morgan fingerprint density at radius 2 is 0.850 bits per heavy atom. The molecule has 0 bridgehead atoms. The molecule has 0 fully saturated rings. The van der Waals surface area contributed by atoms with Gasteiger partial charge in [-0.15, -0.1) is 0 Å². The number of rotatable bonds is 25. The summed E-state index contributed by atoms with van der Waals surface area (Å²) in [5.41, 5.74) is 6.89. The van der Waals surface area contributed by atoms with E-state index in [1.807, 2.05) is 12.1 Å². The maximum atomic E-state index is 12.4. The quantitative estimate of drug-likeness (QED) is 0.0547. The maximum absolute atomic E-state index is 12.4. The second-order valence-corrected chi connectivity index (χ2v) is 17.3. The molecule has 0 saturated carbocycles. The molecule has 0 aromatic heterocycles. The Balaban J connectivity index is 1.11. The normalized spacial score (nSPS) is 12.3. The van der Waals surface area contributed by atoms with E-state index in [2.05, 4.69) is 126 Å². The number of hydrogen-bond donors (Lipinski definition) is 0. The fourth-order valence-corrected chi connectivity index (χ4v) is 7.17. The average Bonchev–Trinajstić information content (AvgIpc) is 3.25. The number of ether oxygens (including phenoxy) is 5. The minimum atomic E-state index is -0.434. The van der Waals surface area contributed by atoms with Gasteiger partial charge in [-0.2, -0.15) is 0 Å². The van der Waals surface area contributed by atoms with Gasteiger partial charge >= 0.3 is 5.97 Å². The summed E-state index contributed by atoms with van der Waals surface area (Å²) in [6.45, 7) is 15.9. The molecule has 0 saturated heterocycles. The van der Waals surface area contributed by atoms with E-state index in [0.717, 1.165) is 82.8 Å². The first kappa shape index (κ1) is 45.8. The summed E-state index contributed by atoms with van der Waals surface area (Å²) in [5.74, 6) is 5.29. The molecular formula is C54H68O6. The summed E-state index contributed by atoms with van der Waals surface area (Å²) < 4.78 is 29.7. The van der Waals surface area contributed by atoms with E-state index in [1.165, 1.54) is 45.6 Å². The first-order valence-corrected chi connectivity index (χ1v) is 22.2. The minimum Gasteiger partial charge on any atom is -0.494 e. The van der Waals surface area contributed by atoms with Crippen LogP contribution in [0.5, 0.6) is 23.0 Å². The summed E-state index contributed by atoms with van der Waals surface area (Å²) >= 11 is 0. The molecule has 6 heteroatoms. The van der Waals surface area contributed by atoms with Crippen molar-refractivity contribution in [2.45, 2.75) is 106 Å². The fourth-order valence-electron chi connectivity index (χ4n) is 7.17. The van der Waals surface area contributed by atoms with Gasteiger partial charge in [-0.25, -0.2) is 4.79 Å². The van der Waals surface area contributed by atoms with E-state index >= 15 is 0 Å². The Bertz CT molecular complexity index is 1980. The van der Waals surface area contributed by atoms with Crippen LogP contribution in [-0.2, 0) is 18.0 Å². The van der Waals surface area contributed by atoms with Crippen LogP contribution in [0, 0.1) is 23.7 Å². The SMILES string of the molecule is COC(=O)c1ccc(OCc2ccc(-c3ccc(OCC[C@@H](C)CCCC(C)C)cc3)cc2)c(OCc2ccc(-c3ccc(OCC[C@@H](C)CCCC(C)C)cc3)cc2)c1. The highest BCUT2D eigenvalue weighted by Crippen LogP contribution is 2.32. The van der Waals surface area contributed by atoms with Crippen LogP contribution in [-0.4, -0.2) is 26.3 Å². The zero-order valence-corrected chi connectivity index (χ0v) is 37.2. The topological polar surface area (TPSA) is 63.2 Å². The van der Waals surface area contributed by atoms with Crippen LogP contribution in [0.3, 0.4) is 0 Å². The molecule has 2 atom stereocenters. The second-order valence-electron chi connectivity index (χ2n) is 17.3. The molecule has 6 nitrogen and oxygen atoms in total. The molecule has 0 N–H and O–H groups in total. The fraction of sp³-hybridized carbons (Fsp3) is 0.426. The Morgan fingerprint density at radius 1 is 0.450 bits per heavy atom. The molecule has 5 aromatic rings. The van der Waals surface area contributed by atoms with Gasteiger partial charge in [-0.3, -0.25) is 0 Å². The van der Waals surface area contributed by atoms with Crippen molar-refractivity contribution in [2.24, 2.45) is 23.7 Å². The number of carbonyl (C=O) groups excluding carboxylic acids is 1. The molecule has 320 valence electrons. The van der Waals surface area contributed by atoms with Gasteiger partial charge in [0, 0.05) is 0 Å². The van der Waals surface area contributed by atoms with E-state index in [-0.39, 0.29) is 0 Å². The van der Waals surface area contributed by atoms with Crippen LogP contribution < -0.4 is 18.9 Å². The molecule has 0 unspecified atom stereocenters. The van der Waals surface area contributed by atoms with E-state index < -0.39 is 5.97 Å². The van der Waals surface area contributed by atoms with E-state index in [0.29, 0.717) is 42.1 Å². The lowest BCUT2D eigenvalue weighted by atomic mass is 9.98. The molecule has 0 heterocycles. The van der Waals surface area contributed by atoms with Crippen molar-refractivity contribution in [1.82, 2.24) is 0 Å². The number of methoxy groups -OCH3 is 1.